The molecule has 0 aromatic heterocycles. The highest BCUT2D eigenvalue weighted by atomic mass is 32.2. The van der Waals surface area contributed by atoms with E-state index in [1.54, 1.807) is 0 Å². The van der Waals surface area contributed by atoms with Crippen molar-refractivity contribution in [3.63, 3.8) is 0 Å². The molecule has 0 aliphatic heterocycles. The standard InChI is InChI=1S/C12H13FO5S/c1-2-11(12(15)16)19(17,18)7-10(14)8-3-5-9(13)6-4-8/h3-6,11H,2,7H2,1H3,(H,15,16). The molecule has 0 saturated carbocycles. The number of halogens is 1. The second-order valence-corrected chi connectivity index (χ2v) is 6.16. The van der Waals surface area contributed by atoms with Crippen molar-refractivity contribution in [3.8, 4) is 0 Å². The zero-order chi connectivity index (χ0) is 14.6. The zero-order valence-electron chi connectivity index (χ0n) is 10.2. The Morgan fingerprint density at radius 3 is 2.21 bits per heavy atom. The summed E-state index contributed by atoms with van der Waals surface area (Å²) < 4.78 is 36.2. The highest BCUT2D eigenvalue weighted by molar-refractivity contribution is 7.93. The van der Waals surface area contributed by atoms with E-state index in [4.69, 9.17) is 5.11 Å². The van der Waals surface area contributed by atoms with Gasteiger partial charge in [0, 0.05) is 5.56 Å². The second kappa shape index (κ2) is 5.92. The van der Waals surface area contributed by atoms with Gasteiger partial charge < -0.3 is 5.11 Å². The fraction of sp³-hybridized carbons (Fsp3) is 0.333. The number of sulfone groups is 1. The van der Waals surface area contributed by atoms with E-state index in [0.717, 1.165) is 24.3 Å². The first-order valence-corrected chi connectivity index (χ1v) is 7.22. The van der Waals surface area contributed by atoms with Gasteiger partial charge in [-0.1, -0.05) is 6.92 Å². The number of carboxylic acid groups (broad SMARTS) is 1. The van der Waals surface area contributed by atoms with Crippen molar-refractivity contribution in [2.75, 3.05) is 5.75 Å². The molecule has 0 radical (unpaired) electrons. The van der Waals surface area contributed by atoms with Crippen LogP contribution in [0, 0.1) is 5.82 Å². The number of benzene rings is 1. The maximum absolute atomic E-state index is 12.7. The Kier molecular flexibility index (Phi) is 4.77. The summed E-state index contributed by atoms with van der Waals surface area (Å²) in [6.07, 6.45) is -0.117. The Balaban J connectivity index is 2.92. The van der Waals surface area contributed by atoms with Crippen LogP contribution in [0.25, 0.3) is 0 Å². The SMILES string of the molecule is CCC(C(=O)O)S(=O)(=O)CC(=O)c1ccc(F)cc1. The molecular weight excluding hydrogens is 275 g/mol. The van der Waals surface area contributed by atoms with Gasteiger partial charge in [-0.05, 0) is 30.7 Å². The van der Waals surface area contributed by atoms with E-state index >= 15 is 0 Å². The minimum absolute atomic E-state index is 0.0326. The molecule has 19 heavy (non-hydrogen) atoms. The van der Waals surface area contributed by atoms with Crippen LogP contribution in [0.15, 0.2) is 24.3 Å². The fourth-order valence-corrected chi connectivity index (χ4v) is 3.13. The van der Waals surface area contributed by atoms with Crippen molar-refractivity contribution in [2.45, 2.75) is 18.6 Å². The van der Waals surface area contributed by atoms with Gasteiger partial charge in [0.2, 0.25) is 0 Å². The number of aliphatic carboxylic acids is 1. The normalized spacial score (nSPS) is 12.9. The van der Waals surface area contributed by atoms with Crippen molar-refractivity contribution >= 4 is 21.6 Å². The van der Waals surface area contributed by atoms with Gasteiger partial charge in [0.15, 0.2) is 20.9 Å². The third-order valence-electron chi connectivity index (χ3n) is 2.58. The largest absolute Gasteiger partial charge is 0.480 e. The molecule has 1 N–H and O–H groups in total. The van der Waals surface area contributed by atoms with E-state index in [0.29, 0.717) is 0 Å². The van der Waals surface area contributed by atoms with Crippen LogP contribution in [-0.2, 0) is 14.6 Å². The van der Waals surface area contributed by atoms with Crippen molar-refractivity contribution in [3.05, 3.63) is 35.6 Å². The topological polar surface area (TPSA) is 88.5 Å². The molecule has 0 fully saturated rings. The Morgan fingerprint density at radius 2 is 1.79 bits per heavy atom. The minimum Gasteiger partial charge on any atom is -0.480 e. The predicted octanol–water partition coefficient (Wildman–Crippen LogP) is 1.29. The third kappa shape index (κ3) is 3.85. The van der Waals surface area contributed by atoms with E-state index < -0.39 is 38.4 Å². The van der Waals surface area contributed by atoms with Gasteiger partial charge in [0.05, 0.1) is 0 Å². The van der Waals surface area contributed by atoms with Gasteiger partial charge in [-0.15, -0.1) is 0 Å². The van der Waals surface area contributed by atoms with Crippen LogP contribution in [0.4, 0.5) is 4.39 Å². The highest BCUT2D eigenvalue weighted by Crippen LogP contribution is 2.11. The molecule has 0 saturated heterocycles. The summed E-state index contributed by atoms with van der Waals surface area (Å²) in [6, 6.07) is 4.40. The molecule has 0 heterocycles. The van der Waals surface area contributed by atoms with Crippen molar-refractivity contribution in [1.29, 1.82) is 0 Å². The first-order chi connectivity index (χ1) is 8.77. The maximum Gasteiger partial charge on any atom is 0.321 e. The van der Waals surface area contributed by atoms with Gasteiger partial charge in [0.25, 0.3) is 0 Å². The summed E-state index contributed by atoms with van der Waals surface area (Å²) >= 11 is 0. The van der Waals surface area contributed by atoms with Gasteiger partial charge in [0.1, 0.15) is 11.6 Å². The quantitative estimate of drug-likeness (QED) is 0.797. The molecule has 104 valence electrons. The van der Waals surface area contributed by atoms with E-state index in [-0.39, 0.29) is 12.0 Å². The Bertz CT molecular complexity index is 577. The lowest BCUT2D eigenvalue weighted by molar-refractivity contribution is -0.136. The Hall–Kier alpha value is -1.76. The van der Waals surface area contributed by atoms with Crippen molar-refractivity contribution in [2.24, 2.45) is 0 Å². The number of ketones is 1. The number of hydrogen-bond donors (Lipinski definition) is 1. The van der Waals surface area contributed by atoms with E-state index in [2.05, 4.69) is 0 Å². The summed E-state index contributed by atoms with van der Waals surface area (Å²) in [4.78, 5) is 22.5. The summed E-state index contributed by atoms with van der Waals surface area (Å²) in [6.45, 7) is 1.42. The summed E-state index contributed by atoms with van der Waals surface area (Å²) in [5, 5.41) is 7.19. The van der Waals surface area contributed by atoms with E-state index in [1.807, 2.05) is 0 Å². The molecule has 1 unspecified atom stereocenters. The maximum atomic E-state index is 12.7. The molecule has 0 aliphatic carbocycles. The smallest absolute Gasteiger partial charge is 0.321 e. The van der Waals surface area contributed by atoms with Gasteiger partial charge >= 0.3 is 5.97 Å². The Labute approximate surface area is 110 Å². The number of carboxylic acids is 1. The number of carbonyl (C=O) groups is 2. The van der Waals surface area contributed by atoms with Crippen LogP contribution in [-0.4, -0.2) is 36.3 Å². The average molecular weight is 288 g/mol. The molecule has 1 rings (SSSR count). The average Bonchev–Trinajstić information content (AvgIpc) is 2.28. The number of carbonyl (C=O) groups excluding carboxylic acids is 1. The number of hydrogen-bond acceptors (Lipinski definition) is 4. The van der Waals surface area contributed by atoms with Crippen LogP contribution < -0.4 is 0 Å². The molecule has 1 atom stereocenters. The summed E-state index contributed by atoms with van der Waals surface area (Å²) in [5.74, 6) is -3.67. The highest BCUT2D eigenvalue weighted by Gasteiger charge is 2.32. The molecule has 5 nitrogen and oxygen atoms in total. The lowest BCUT2D eigenvalue weighted by Gasteiger charge is -2.10. The van der Waals surface area contributed by atoms with Crippen molar-refractivity contribution in [1.82, 2.24) is 0 Å². The summed E-state index contributed by atoms with van der Waals surface area (Å²) in [5.41, 5.74) is 0.0326. The van der Waals surface area contributed by atoms with E-state index in [9.17, 15) is 22.4 Å². The Morgan fingerprint density at radius 1 is 1.26 bits per heavy atom. The lowest BCUT2D eigenvalue weighted by atomic mass is 10.1. The lowest BCUT2D eigenvalue weighted by Crippen LogP contribution is -2.34. The third-order valence-corrected chi connectivity index (χ3v) is 4.64. The number of Topliss-reactive ketones (excluding diaryl/α,β-unsaturated/α-hetero) is 1. The monoisotopic (exact) mass is 288 g/mol. The molecule has 7 heteroatoms. The zero-order valence-corrected chi connectivity index (χ0v) is 11.0. The molecular formula is C12H13FO5S. The first-order valence-electron chi connectivity index (χ1n) is 5.51. The van der Waals surface area contributed by atoms with Crippen molar-refractivity contribution < 1.29 is 27.5 Å². The predicted molar refractivity (Wildman–Crippen MR) is 66.2 cm³/mol. The molecule has 1 aromatic carbocycles. The van der Waals surface area contributed by atoms with Gasteiger partial charge in [-0.2, -0.15) is 0 Å². The van der Waals surface area contributed by atoms with Crippen LogP contribution in [0.2, 0.25) is 0 Å². The van der Waals surface area contributed by atoms with Crippen LogP contribution in [0.5, 0.6) is 0 Å². The minimum atomic E-state index is -4.07. The van der Waals surface area contributed by atoms with Gasteiger partial charge in [-0.25, -0.2) is 12.8 Å². The molecule has 0 bridgehead atoms. The fourth-order valence-electron chi connectivity index (χ4n) is 1.58. The van der Waals surface area contributed by atoms with Crippen LogP contribution in [0.3, 0.4) is 0 Å². The molecule has 0 aliphatic rings. The number of rotatable bonds is 6. The molecule has 0 amide bonds. The summed E-state index contributed by atoms with van der Waals surface area (Å²) in [7, 11) is -4.07. The first kappa shape index (κ1) is 15.3. The second-order valence-electron chi connectivity index (χ2n) is 3.97. The van der Waals surface area contributed by atoms with Gasteiger partial charge in [-0.3, -0.25) is 9.59 Å². The van der Waals surface area contributed by atoms with Crippen LogP contribution >= 0.6 is 0 Å². The van der Waals surface area contributed by atoms with Crippen LogP contribution in [0.1, 0.15) is 23.7 Å². The van der Waals surface area contributed by atoms with E-state index in [1.165, 1.54) is 6.92 Å². The molecule has 0 spiro atoms. The molecule has 1 aromatic rings.